The van der Waals surface area contributed by atoms with E-state index in [1.807, 2.05) is 51.1 Å². The lowest BCUT2D eigenvalue weighted by atomic mass is 9.89. The molecule has 5 rings (SSSR count). The largest absolute Gasteiger partial charge is 0.530 e. The van der Waals surface area contributed by atoms with Gasteiger partial charge < -0.3 is 49.5 Å². The highest BCUT2D eigenvalue weighted by Crippen LogP contribution is 2.38. The molecule has 0 bridgehead atoms. The summed E-state index contributed by atoms with van der Waals surface area (Å²) in [6.07, 6.45) is -1.63. The molecule has 3 N–H and O–H groups in total. The molecule has 49 heavy (non-hydrogen) atoms. The number of carboxylic acid groups (broad SMARTS) is 1. The minimum Gasteiger partial charge on any atom is -0.530 e. The third-order valence-electron chi connectivity index (χ3n) is 9.27. The molecule has 2 aromatic rings. The summed E-state index contributed by atoms with van der Waals surface area (Å²) in [5.41, 5.74) is 0.0755. The zero-order valence-electron chi connectivity index (χ0n) is 28.2. The van der Waals surface area contributed by atoms with E-state index in [9.17, 15) is 28.2 Å². The van der Waals surface area contributed by atoms with Crippen LogP contribution in [0.25, 0.3) is 0 Å². The fourth-order valence-corrected chi connectivity index (χ4v) is 8.32. The summed E-state index contributed by atoms with van der Waals surface area (Å²) in [7, 11) is -4.28. The summed E-state index contributed by atoms with van der Waals surface area (Å²) < 4.78 is 52.2. The van der Waals surface area contributed by atoms with Gasteiger partial charge in [0.1, 0.15) is 6.09 Å². The Morgan fingerprint density at radius 1 is 1.06 bits per heavy atom. The number of hydrogen-bond donors (Lipinski definition) is 3. The molecule has 270 valence electrons. The van der Waals surface area contributed by atoms with Crippen LogP contribution in [0.15, 0.2) is 53.4 Å². The van der Waals surface area contributed by atoms with Gasteiger partial charge in [-0.1, -0.05) is 51.1 Å². The van der Waals surface area contributed by atoms with Crippen molar-refractivity contribution in [3.8, 4) is 11.5 Å². The molecule has 3 heterocycles. The second-order valence-electron chi connectivity index (χ2n) is 13.5. The molecule has 5 atom stereocenters. The van der Waals surface area contributed by atoms with E-state index in [0.29, 0.717) is 31.7 Å². The second-order valence-corrected chi connectivity index (χ2v) is 15.4. The smallest absolute Gasteiger partial charge is 0.314 e. The van der Waals surface area contributed by atoms with Crippen LogP contribution < -0.4 is 25.2 Å². The van der Waals surface area contributed by atoms with Crippen LogP contribution >= 0.6 is 0 Å². The van der Waals surface area contributed by atoms with Gasteiger partial charge >= 0.3 is 6.03 Å². The van der Waals surface area contributed by atoms with E-state index in [0.717, 1.165) is 16.9 Å². The highest BCUT2D eigenvalue weighted by atomic mass is 32.2. The number of aliphatic hydroxyl groups is 1. The van der Waals surface area contributed by atoms with Crippen LogP contribution in [-0.4, -0.2) is 106 Å². The first-order valence-electron chi connectivity index (χ1n) is 16.8. The average Bonchev–Trinajstić information content (AvgIpc) is 3.82. The van der Waals surface area contributed by atoms with E-state index >= 15 is 0 Å². The van der Waals surface area contributed by atoms with Crippen molar-refractivity contribution in [3.63, 3.8) is 0 Å². The number of ether oxygens (including phenoxy) is 4. The fraction of sp³-hybridized carbons (Fsp3) is 0.588. The summed E-state index contributed by atoms with van der Waals surface area (Å²) >= 11 is 0. The van der Waals surface area contributed by atoms with Crippen LogP contribution in [0.3, 0.4) is 0 Å². The number of carbonyl (C=O) groups is 2. The molecule has 0 saturated carbocycles. The number of sulfonamides is 1. The van der Waals surface area contributed by atoms with Crippen LogP contribution in [0.2, 0.25) is 0 Å². The standard InChI is InChI=1S/C34H48N4O10S/c1-4-14-35-32(40)36-15-13-34(2,3)21-37(49(43,44)24-10-11-29-30(18-24)48-22-47-29)19-28(39)26(17-23-8-6-5-7-9-23)38(33(41)42)27-20-46-31-25(27)12-16-45-31/h5-11,18,25-28,31,39H,4,12-17,19-22H2,1-3H3,(H,41,42)(H2,35,36,40)/p-1/t25-,26-,27-,28+,31+/m0/s1. The SMILES string of the molecule is CCCNC(=O)NCCC(C)(C)CN(C[C@@H](O)[C@H](Cc1ccccc1)N(C(=O)[O-])[C@H]1CO[C@H]2OCC[C@H]21)S(=O)(=O)c1ccc2c(c1)OCO2. The highest BCUT2D eigenvalue weighted by molar-refractivity contribution is 7.89. The lowest BCUT2D eigenvalue weighted by Crippen LogP contribution is -2.61. The maximum atomic E-state index is 14.4. The minimum atomic E-state index is -4.28. The minimum absolute atomic E-state index is 0.0366. The van der Waals surface area contributed by atoms with Gasteiger partial charge in [-0.05, 0) is 48.8 Å². The first-order chi connectivity index (χ1) is 23.4. The number of urea groups is 1. The maximum Gasteiger partial charge on any atom is 0.314 e. The van der Waals surface area contributed by atoms with Crippen molar-refractivity contribution >= 4 is 22.1 Å². The molecule has 2 saturated heterocycles. The molecule has 14 nitrogen and oxygen atoms in total. The zero-order valence-corrected chi connectivity index (χ0v) is 29.0. The predicted octanol–water partition coefficient (Wildman–Crippen LogP) is 1.91. The quantitative estimate of drug-likeness (QED) is 0.234. The molecule has 0 spiro atoms. The molecule has 3 aliphatic heterocycles. The van der Waals surface area contributed by atoms with Gasteiger partial charge in [0.2, 0.25) is 16.8 Å². The molecular formula is C34H47N4O10S-. The average molecular weight is 704 g/mol. The van der Waals surface area contributed by atoms with Gasteiger partial charge in [0.05, 0.1) is 36.3 Å². The molecule has 3 aliphatic rings. The van der Waals surface area contributed by atoms with Crippen molar-refractivity contribution in [2.75, 3.05) is 46.2 Å². The molecule has 2 fully saturated rings. The lowest BCUT2D eigenvalue weighted by Gasteiger charge is -2.43. The Bertz CT molecular complexity index is 1540. The van der Waals surface area contributed by atoms with Gasteiger partial charge in [-0.25, -0.2) is 13.2 Å². The Hall–Kier alpha value is -3.63. The van der Waals surface area contributed by atoms with Gasteiger partial charge in [-0.15, -0.1) is 0 Å². The Morgan fingerprint density at radius 2 is 1.80 bits per heavy atom. The van der Waals surface area contributed by atoms with Gasteiger partial charge in [0, 0.05) is 38.2 Å². The number of hydrogen-bond acceptors (Lipinski definition) is 10. The zero-order chi connectivity index (χ0) is 35.2. The van der Waals surface area contributed by atoms with Crippen molar-refractivity contribution < 1.29 is 47.2 Å². The van der Waals surface area contributed by atoms with Crippen LogP contribution in [0, 0.1) is 11.3 Å². The van der Waals surface area contributed by atoms with E-state index in [2.05, 4.69) is 10.6 Å². The Kier molecular flexibility index (Phi) is 11.9. The summed E-state index contributed by atoms with van der Waals surface area (Å²) in [4.78, 5) is 26.1. The number of nitrogens with zero attached hydrogens (tertiary/aromatic N) is 2. The van der Waals surface area contributed by atoms with Crippen molar-refractivity contribution in [3.05, 3.63) is 54.1 Å². The maximum absolute atomic E-state index is 14.4. The number of nitrogens with one attached hydrogen (secondary N) is 2. The molecule has 15 heteroatoms. The van der Waals surface area contributed by atoms with Crippen molar-refractivity contribution in [1.29, 1.82) is 0 Å². The predicted molar refractivity (Wildman–Crippen MR) is 176 cm³/mol. The van der Waals surface area contributed by atoms with Crippen LogP contribution in [-0.2, 0) is 25.9 Å². The molecular weight excluding hydrogens is 656 g/mol. The fourth-order valence-electron chi connectivity index (χ4n) is 6.66. The summed E-state index contributed by atoms with van der Waals surface area (Å²) in [5.74, 6) is 0.444. The molecule has 2 aromatic carbocycles. The van der Waals surface area contributed by atoms with Crippen LogP contribution in [0.1, 0.15) is 45.6 Å². The van der Waals surface area contributed by atoms with E-state index in [1.54, 1.807) is 0 Å². The normalized spacial score (nSPS) is 21.3. The second kappa shape index (κ2) is 15.9. The first kappa shape index (κ1) is 36.6. The summed E-state index contributed by atoms with van der Waals surface area (Å²) in [6, 6.07) is 11.4. The molecule has 0 aromatic heterocycles. The van der Waals surface area contributed by atoms with Gasteiger partial charge in [-0.2, -0.15) is 4.31 Å². The van der Waals surface area contributed by atoms with Gasteiger partial charge in [-0.3, -0.25) is 0 Å². The number of aliphatic hydroxyl groups excluding tert-OH is 1. The third kappa shape index (κ3) is 8.94. The van der Waals surface area contributed by atoms with Crippen molar-refractivity contribution in [2.24, 2.45) is 11.3 Å². The number of amides is 3. The summed E-state index contributed by atoms with van der Waals surface area (Å²) in [6.45, 7) is 6.48. The van der Waals surface area contributed by atoms with E-state index in [4.69, 9.17) is 18.9 Å². The molecule has 0 aliphatic carbocycles. The monoisotopic (exact) mass is 703 g/mol. The third-order valence-corrected chi connectivity index (χ3v) is 11.1. The first-order valence-corrected chi connectivity index (χ1v) is 18.2. The number of rotatable bonds is 16. The topological polar surface area (TPSA) is 179 Å². The summed E-state index contributed by atoms with van der Waals surface area (Å²) in [5, 5.41) is 30.5. The lowest BCUT2D eigenvalue weighted by molar-refractivity contribution is -0.273. The Balaban J connectivity index is 1.45. The molecule has 0 unspecified atom stereocenters. The highest BCUT2D eigenvalue weighted by Gasteiger charge is 2.47. The van der Waals surface area contributed by atoms with Crippen LogP contribution in [0.5, 0.6) is 11.5 Å². The van der Waals surface area contributed by atoms with Crippen LogP contribution in [0.4, 0.5) is 9.59 Å². The molecule has 0 radical (unpaired) electrons. The number of carbonyl (C=O) groups excluding carboxylic acids is 2. The van der Waals surface area contributed by atoms with Crippen molar-refractivity contribution in [2.45, 2.75) is 75.8 Å². The van der Waals surface area contributed by atoms with Gasteiger partial charge in [0.15, 0.2) is 17.8 Å². The Labute approximate surface area is 287 Å². The van der Waals surface area contributed by atoms with E-state index < -0.39 is 52.6 Å². The number of benzene rings is 2. The molecule has 3 amide bonds. The van der Waals surface area contributed by atoms with E-state index in [-0.39, 0.29) is 55.5 Å². The van der Waals surface area contributed by atoms with Gasteiger partial charge in [0.25, 0.3) is 0 Å². The van der Waals surface area contributed by atoms with E-state index in [1.165, 1.54) is 22.5 Å². The Morgan fingerprint density at radius 3 is 2.53 bits per heavy atom. The number of fused-ring (bicyclic) bond motifs is 2. The van der Waals surface area contributed by atoms with Crippen molar-refractivity contribution in [1.82, 2.24) is 19.8 Å².